The topological polar surface area (TPSA) is 78.4 Å². The summed E-state index contributed by atoms with van der Waals surface area (Å²) in [5, 5.41) is 15.3. The number of amides is 2. The second-order valence-corrected chi connectivity index (χ2v) is 6.22. The van der Waals surface area contributed by atoms with E-state index in [1.807, 2.05) is 30.3 Å². The lowest BCUT2D eigenvalue weighted by molar-refractivity contribution is -0.127. The average Bonchev–Trinajstić information content (AvgIpc) is 2.59. The highest BCUT2D eigenvalue weighted by atomic mass is 16.3. The predicted molar refractivity (Wildman–Crippen MR) is 88.6 cm³/mol. The second-order valence-electron chi connectivity index (χ2n) is 6.22. The number of carbonyl (C=O) groups excluding carboxylic acids is 2. The van der Waals surface area contributed by atoms with Crippen molar-refractivity contribution >= 4 is 11.8 Å². The van der Waals surface area contributed by atoms with E-state index >= 15 is 0 Å². The summed E-state index contributed by atoms with van der Waals surface area (Å²) in [4.78, 5) is 23.6. The highest BCUT2D eigenvalue weighted by Gasteiger charge is 2.17. The maximum Gasteiger partial charge on any atom is 0.239 e. The van der Waals surface area contributed by atoms with Gasteiger partial charge in [-0.2, -0.15) is 0 Å². The molecule has 0 heterocycles. The number of benzene rings is 1. The number of hydrogen-bond donors (Lipinski definition) is 3. The number of carbonyl (C=O) groups is 2. The van der Waals surface area contributed by atoms with Gasteiger partial charge in [0.25, 0.3) is 0 Å². The van der Waals surface area contributed by atoms with Crippen LogP contribution >= 0.6 is 0 Å². The smallest absolute Gasteiger partial charge is 0.239 e. The van der Waals surface area contributed by atoms with Gasteiger partial charge >= 0.3 is 0 Å². The third-order valence-corrected chi connectivity index (χ3v) is 4.32. The van der Waals surface area contributed by atoms with Crippen LogP contribution in [0.1, 0.15) is 50.2 Å². The van der Waals surface area contributed by atoms with Crippen LogP contribution in [0.2, 0.25) is 0 Å². The van der Waals surface area contributed by atoms with E-state index in [2.05, 4.69) is 10.6 Å². The van der Waals surface area contributed by atoms with Gasteiger partial charge in [-0.1, -0.05) is 49.6 Å². The molecule has 0 bridgehead atoms. The van der Waals surface area contributed by atoms with Crippen LogP contribution in [0.5, 0.6) is 0 Å². The summed E-state index contributed by atoms with van der Waals surface area (Å²) in [6, 6.07) is 9.17. The highest BCUT2D eigenvalue weighted by molar-refractivity contribution is 5.84. The van der Waals surface area contributed by atoms with E-state index in [4.69, 9.17) is 0 Å². The van der Waals surface area contributed by atoms with Crippen LogP contribution in [-0.4, -0.2) is 30.0 Å². The summed E-state index contributed by atoms with van der Waals surface area (Å²) in [5.41, 5.74) is 0.758. The van der Waals surface area contributed by atoms with Crippen molar-refractivity contribution in [2.24, 2.45) is 5.92 Å². The Kier molecular flexibility index (Phi) is 7.07. The number of nitrogens with one attached hydrogen (secondary N) is 2. The molecule has 0 spiro atoms. The normalized spacial score (nSPS) is 16.6. The molecule has 0 radical (unpaired) electrons. The fraction of sp³-hybridized carbons (Fsp3) is 0.556. The molecular weight excluding hydrogens is 292 g/mol. The first kappa shape index (κ1) is 17.5. The fourth-order valence-electron chi connectivity index (χ4n) is 2.97. The van der Waals surface area contributed by atoms with Crippen LogP contribution in [0.25, 0.3) is 0 Å². The Bertz CT molecular complexity index is 498. The first-order valence-corrected chi connectivity index (χ1v) is 8.41. The molecule has 0 aliphatic heterocycles. The summed E-state index contributed by atoms with van der Waals surface area (Å²) in [7, 11) is 0. The van der Waals surface area contributed by atoms with E-state index in [0.29, 0.717) is 12.3 Å². The van der Waals surface area contributed by atoms with Crippen LogP contribution in [-0.2, 0) is 9.59 Å². The van der Waals surface area contributed by atoms with E-state index in [-0.39, 0.29) is 24.9 Å². The largest absolute Gasteiger partial charge is 0.387 e. The zero-order valence-electron chi connectivity index (χ0n) is 13.5. The van der Waals surface area contributed by atoms with Crippen LogP contribution in [0.4, 0.5) is 0 Å². The second kappa shape index (κ2) is 9.30. The Morgan fingerprint density at radius 2 is 1.74 bits per heavy atom. The molecule has 2 amide bonds. The third kappa shape index (κ3) is 6.40. The average molecular weight is 318 g/mol. The van der Waals surface area contributed by atoms with Gasteiger partial charge in [0.15, 0.2) is 0 Å². The molecule has 0 saturated heterocycles. The summed E-state index contributed by atoms with van der Waals surface area (Å²) < 4.78 is 0. The third-order valence-electron chi connectivity index (χ3n) is 4.32. The summed E-state index contributed by atoms with van der Waals surface area (Å²) in [5.74, 6) is 0.124. The molecule has 1 saturated carbocycles. The first-order chi connectivity index (χ1) is 11.1. The standard InChI is InChI=1S/C18H26N2O3/c21-16(15-9-5-2-6-10-15)12-19-18(23)13-20-17(22)11-14-7-3-1-4-8-14/h2,5-6,9-10,14,16,21H,1,3-4,7-8,11-13H2,(H,19,23)(H,20,22)/t16-/m0/s1. The van der Waals surface area contributed by atoms with Gasteiger partial charge in [0.1, 0.15) is 0 Å². The Morgan fingerprint density at radius 1 is 1.04 bits per heavy atom. The van der Waals surface area contributed by atoms with Crippen molar-refractivity contribution < 1.29 is 14.7 Å². The molecule has 5 heteroatoms. The van der Waals surface area contributed by atoms with Crippen LogP contribution < -0.4 is 10.6 Å². The summed E-state index contributed by atoms with van der Waals surface area (Å²) in [6.45, 7) is 0.106. The van der Waals surface area contributed by atoms with Crippen molar-refractivity contribution in [3.8, 4) is 0 Å². The minimum absolute atomic E-state index is 0.0347. The quantitative estimate of drug-likeness (QED) is 0.719. The molecule has 0 unspecified atom stereocenters. The van der Waals surface area contributed by atoms with Crippen LogP contribution in [0, 0.1) is 5.92 Å². The van der Waals surface area contributed by atoms with Crippen molar-refractivity contribution in [3.63, 3.8) is 0 Å². The van der Waals surface area contributed by atoms with Crippen LogP contribution in [0.3, 0.4) is 0 Å². The predicted octanol–water partition coefficient (Wildman–Crippen LogP) is 1.92. The Balaban J connectivity index is 1.61. The number of aliphatic hydroxyl groups is 1. The molecule has 2 rings (SSSR count). The van der Waals surface area contributed by atoms with Gasteiger partial charge < -0.3 is 15.7 Å². The molecule has 5 nitrogen and oxygen atoms in total. The Labute approximate surface area is 137 Å². The van der Waals surface area contributed by atoms with E-state index in [1.54, 1.807) is 0 Å². The van der Waals surface area contributed by atoms with E-state index in [9.17, 15) is 14.7 Å². The lowest BCUT2D eigenvalue weighted by Gasteiger charge is -2.20. The highest BCUT2D eigenvalue weighted by Crippen LogP contribution is 2.25. The van der Waals surface area contributed by atoms with Crippen molar-refractivity contribution in [1.82, 2.24) is 10.6 Å². The molecule has 1 fully saturated rings. The molecule has 0 aromatic heterocycles. The van der Waals surface area contributed by atoms with Gasteiger partial charge in [-0.25, -0.2) is 0 Å². The number of rotatable bonds is 7. The van der Waals surface area contributed by atoms with Gasteiger partial charge in [-0.05, 0) is 24.3 Å². The summed E-state index contributed by atoms with van der Waals surface area (Å²) >= 11 is 0. The van der Waals surface area contributed by atoms with Gasteiger partial charge in [0, 0.05) is 13.0 Å². The lowest BCUT2D eigenvalue weighted by Crippen LogP contribution is -2.39. The van der Waals surface area contributed by atoms with Gasteiger partial charge in [-0.3, -0.25) is 9.59 Å². The fourth-order valence-corrected chi connectivity index (χ4v) is 2.97. The van der Waals surface area contributed by atoms with Gasteiger partial charge in [0.2, 0.25) is 11.8 Å². The van der Waals surface area contributed by atoms with Crippen molar-refractivity contribution in [2.75, 3.05) is 13.1 Å². The number of aliphatic hydroxyl groups excluding tert-OH is 1. The molecule has 1 aromatic carbocycles. The minimum Gasteiger partial charge on any atom is -0.387 e. The van der Waals surface area contributed by atoms with Crippen LogP contribution in [0.15, 0.2) is 30.3 Å². The monoisotopic (exact) mass is 318 g/mol. The molecule has 1 aliphatic carbocycles. The van der Waals surface area contributed by atoms with E-state index in [1.165, 1.54) is 19.3 Å². The molecule has 126 valence electrons. The Hall–Kier alpha value is -1.88. The maximum atomic E-state index is 11.8. The zero-order chi connectivity index (χ0) is 16.5. The van der Waals surface area contributed by atoms with Gasteiger partial charge in [-0.15, -0.1) is 0 Å². The molecule has 23 heavy (non-hydrogen) atoms. The summed E-state index contributed by atoms with van der Waals surface area (Å²) in [6.07, 6.45) is 5.68. The first-order valence-electron chi connectivity index (χ1n) is 8.41. The molecule has 1 aliphatic rings. The Morgan fingerprint density at radius 3 is 2.43 bits per heavy atom. The minimum atomic E-state index is -0.738. The molecular formula is C18H26N2O3. The molecule has 1 atom stereocenters. The maximum absolute atomic E-state index is 11.8. The van der Waals surface area contributed by atoms with Crippen molar-refractivity contribution in [1.29, 1.82) is 0 Å². The van der Waals surface area contributed by atoms with Crippen molar-refractivity contribution in [3.05, 3.63) is 35.9 Å². The van der Waals surface area contributed by atoms with Gasteiger partial charge in [0.05, 0.1) is 12.6 Å². The zero-order valence-corrected chi connectivity index (χ0v) is 13.5. The van der Waals surface area contributed by atoms with E-state index in [0.717, 1.165) is 18.4 Å². The van der Waals surface area contributed by atoms with Crippen molar-refractivity contribution in [2.45, 2.75) is 44.6 Å². The van der Waals surface area contributed by atoms with E-state index < -0.39 is 6.10 Å². The molecule has 1 aromatic rings. The lowest BCUT2D eigenvalue weighted by atomic mass is 9.87. The SMILES string of the molecule is O=C(CNC(=O)CC1CCCCC1)NC[C@H](O)c1ccccc1. The number of hydrogen-bond acceptors (Lipinski definition) is 3. The molecule has 3 N–H and O–H groups in total.